The molecule has 0 saturated carbocycles. The van der Waals surface area contributed by atoms with Gasteiger partial charge in [0.25, 0.3) is 0 Å². The van der Waals surface area contributed by atoms with E-state index in [0.29, 0.717) is 4.34 Å². The highest BCUT2D eigenvalue weighted by atomic mass is 35.5. The van der Waals surface area contributed by atoms with Crippen LogP contribution in [-0.4, -0.2) is 27.7 Å². The molecule has 2 rings (SSSR count). The second-order valence-electron chi connectivity index (χ2n) is 2.68. The minimum Gasteiger partial charge on any atom is -0.255 e. The lowest BCUT2D eigenvalue weighted by molar-refractivity contribution is 0.241. The Bertz CT molecular complexity index is 258. The summed E-state index contributed by atoms with van der Waals surface area (Å²) >= 11 is 7.09. The number of aromatic nitrogens is 2. The van der Waals surface area contributed by atoms with Crippen molar-refractivity contribution in [1.29, 1.82) is 0 Å². The predicted molar refractivity (Wildman–Crippen MR) is 47.9 cm³/mol. The zero-order chi connectivity index (χ0) is 8.39. The molecule has 1 N–H and O–H groups in total. The van der Waals surface area contributed by atoms with Crippen LogP contribution in [0.5, 0.6) is 0 Å². The van der Waals surface area contributed by atoms with E-state index in [2.05, 4.69) is 20.0 Å². The zero-order valence-corrected chi connectivity index (χ0v) is 8.03. The molecule has 1 aromatic rings. The fourth-order valence-electron chi connectivity index (χ4n) is 1.19. The zero-order valence-electron chi connectivity index (χ0n) is 6.46. The molecule has 1 aromatic heterocycles. The van der Waals surface area contributed by atoms with Crippen LogP contribution in [0.15, 0.2) is 0 Å². The summed E-state index contributed by atoms with van der Waals surface area (Å²) in [6.07, 6.45) is 1.19. The van der Waals surface area contributed by atoms with E-state index >= 15 is 0 Å². The average molecular weight is 205 g/mol. The molecule has 1 saturated heterocycles. The Kier molecular flexibility index (Phi) is 2.55. The molecule has 0 amide bonds. The number of halogens is 1. The standard InChI is InChI=1S/C6H9ClN4S/c7-6-5(9-10-12-6)4-11-3-1-2-8-11/h8H,1-4H2. The normalized spacial score (nSPS) is 18.8. The lowest BCUT2D eigenvalue weighted by Gasteiger charge is -2.12. The van der Waals surface area contributed by atoms with Gasteiger partial charge in [-0.2, -0.15) is 0 Å². The Morgan fingerprint density at radius 3 is 3.17 bits per heavy atom. The Labute approximate surface area is 79.7 Å². The first-order chi connectivity index (χ1) is 5.86. The largest absolute Gasteiger partial charge is 0.255 e. The quantitative estimate of drug-likeness (QED) is 0.778. The highest BCUT2D eigenvalue weighted by molar-refractivity contribution is 7.10. The number of hydrogen-bond donors (Lipinski definition) is 1. The molecule has 66 valence electrons. The number of nitrogens with zero attached hydrogens (tertiary/aromatic N) is 3. The molecule has 0 bridgehead atoms. The highest BCUT2D eigenvalue weighted by Crippen LogP contribution is 2.18. The van der Waals surface area contributed by atoms with Crippen LogP contribution in [0, 0.1) is 0 Å². The molecule has 0 aromatic carbocycles. The van der Waals surface area contributed by atoms with Crippen molar-refractivity contribution in [2.24, 2.45) is 0 Å². The summed E-state index contributed by atoms with van der Waals surface area (Å²) in [5.74, 6) is 0. The van der Waals surface area contributed by atoms with E-state index in [0.717, 1.165) is 25.3 Å². The predicted octanol–water partition coefficient (Wildman–Crippen LogP) is 0.902. The Morgan fingerprint density at radius 1 is 1.67 bits per heavy atom. The van der Waals surface area contributed by atoms with Gasteiger partial charge in [0.15, 0.2) is 0 Å². The van der Waals surface area contributed by atoms with E-state index in [1.54, 1.807) is 0 Å². The molecular weight excluding hydrogens is 196 g/mol. The van der Waals surface area contributed by atoms with Crippen molar-refractivity contribution in [3.8, 4) is 0 Å². The third kappa shape index (κ3) is 1.74. The summed E-state index contributed by atoms with van der Waals surface area (Å²) in [4.78, 5) is 0. The molecule has 1 aliphatic rings. The van der Waals surface area contributed by atoms with Gasteiger partial charge in [-0.25, -0.2) is 5.01 Å². The van der Waals surface area contributed by atoms with E-state index < -0.39 is 0 Å². The first-order valence-corrected chi connectivity index (χ1v) is 4.96. The Hall–Kier alpha value is -0.230. The SMILES string of the molecule is Clc1snnc1CN1CCCN1. The third-order valence-corrected chi connectivity index (χ3v) is 2.77. The van der Waals surface area contributed by atoms with E-state index in [1.165, 1.54) is 18.0 Å². The monoisotopic (exact) mass is 204 g/mol. The number of hydrogen-bond acceptors (Lipinski definition) is 5. The van der Waals surface area contributed by atoms with Gasteiger partial charge < -0.3 is 0 Å². The maximum atomic E-state index is 5.86. The topological polar surface area (TPSA) is 41.1 Å². The van der Waals surface area contributed by atoms with Crippen LogP contribution in [0.25, 0.3) is 0 Å². The second-order valence-corrected chi connectivity index (χ2v) is 4.03. The van der Waals surface area contributed by atoms with Crippen LogP contribution in [0.1, 0.15) is 12.1 Å². The summed E-state index contributed by atoms with van der Waals surface area (Å²) in [5.41, 5.74) is 4.10. The van der Waals surface area contributed by atoms with Crippen molar-refractivity contribution in [2.75, 3.05) is 13.1 Å². The number of nitrogens with one attached hydrogen (secondary N) is 1. The maximum Gasteiger partial charge on any atom is 0.138 e. The summed E-state index contributed by atoms with van der Waals surface area (Å²) in [5, 5.41) is 6.05. The van der Waals surface area contributed by atoms with E-state index in [1.807, 2.05) is 0 Å². The molecule has 0 unspecified atom stereocenters. The van der Waals surface area contributed by atoms with Crippen LogP contribution >= 0.6 is 23.1 Å². The van der Waals surface area contributed by atoms with Crippen molar-refractivity contribution in [3.05, 3.63) is 10.0 Å². The molecule has 1 aliphatic heterocycles. The van der Waals surface area contributed by atoms with Gasteiger partial charge in [0.2, 0.25) is 0 Å². The first kappa shape index (κ1) is 8.37. The van der Waals surface area contributed by atoms with Gasteiger partial charge in [0.1, 0.15) is 10.0 Å². The summed E-state index contributed by atoms with van der Waals surface area (Å²) in [7, 11) is 0. The van der Waals surface area contributed by atoms with Crippen molar-refractivity contribution in [3.63, 3.8) is 0 Å². The molecular formula is C6H9ClN4S. The molecule has 6 heteroatoms. The van der Waals surface area contributed by atoms with Crippen molar-refractivity contribution >= 4 is 23.1 Å². The lowest BCUT2D eigenvalue weighted by Crippen LogP contribution is -2.30. The van der Waals surface area contributed by atoms with Crippen molar-refractivity contribution in [1.82, 2.24) is 20.0 Å². The van der Waals surface area contributed by atoms with Gasteiger partial charge in [-0.05, 0) is 6.42 Å². The average Bonchev–Trinajstić information content (AvgIpc) is 2.65. The minimum absolute atomic E-state index is 0.698. The molecule has 0 radical (unpaired) electrons. The maximum absolute atomic E-state index is 5.86. The second kappa shape index (κ2) is 3.66. The van der Waals surface area contributed by atoms with Crippen LogP contribution in [-0.2, 0) is 6.54 Å². The first-order valence-electron chi connectivity index (χ1n) is 3.81. The van der Waals surface area contributed by atoms with E-state index in [9.17, 15) is 0 Å². The summed E-state index contributed by atoms with van der Waals surface area (Å²) in [6, 6.07) is 0. The molecule has 0 aliphatic carbocycles. The molecule has 2 heterocycles. The molecule has 12 heavy (non-hydrogen) atoms. The molecule has 4 nitrogen and oxygen atoms in total. The van der Waals surface area contributed by atoms with Crippen LogP contribution < -0.4 is 5.43 Å². The summed E-state index contributed by atoms with van der Waals surface area (Å²) in [6.45, 7) is 2.87. The molecule has 0 spiro atoms. The molecule has 0 atom stereocenters. The van der Waals surface area contributed by atoms with Gasteiger partial charge in [0.05, 0.1) is 6.54 Å². The smallest absolute Gasteiger partial charge is 0.138 e. The van der Waals surface area contributed by atoms with Crippen molar-refractivity contribution in [2.45, 2.75) is 13.0 Å². The fourth-order valence-corrected chi connectivity index (χ4v) is 1.81. The van der Waals surface area contributed by atoms with Crippen LogP contribution in [0.4, 0.5) is 0 Å². The Morgan fingerprint density at radius 2 is 2.58 bits per heavy atom. The highest BCUT2D eigenvalue weighted by Gasteiger charge is 2.14. The van der Waals surface area contributed by atoms with Gasteiger partial charge in [-0.1, -0.05) is 16.1 Å². The van der Waals surface area contributed by atoms with E-state index in [-0.39, 0.29) is 0 Å². The van der Waals surface area contributed by atoms with Crippen LogP contribution in [0.2, 0.25) is 4.34 Å². The van der Waals surface area contributed by atoms with Crippen molar-refractivity contribution < 1.29 is 0 Å². The van der Waals surface area contributed by atoms with Gasteiger partial charge in [-0.3, -0.25) is 5.43 Å². The lowest BCUT2D eigenvalue weighted by atomic mass is 10.4. The number of rotatable bonds is 2. The third-order valence-electron chi connectivity index (χ3n) is 1.79. The van der Waals surface area contributed by atoms with Gasteiger partial charge in [-0.15, -0.1) is 5.10 Å². The van der Waals surface area contributed by atoms with E-state index in [4.69, 9.17) is 11.6 Å². The fraction of sp³-hybridized carbons (Fsp3) is 0.667. The summed E-state index contributed by atoms with van der Waals surface area (Å²) < 4.78 is 4.47. The minimum atomic E-state index is 0.698. The molecule has 1 fully saturated rings. The Balaban J connectivity index is 1.98. The van der Waals surface area contributed by atoms with Gasteiger partial charge in [0, 0.05) is 24.6 Å². The van der Waals surface area contributed by atoms with Gasteiger partial charge >= 0.3 is 0 Å². The van der Waals surface area contributed by atoms with Crippen LogP contribution in [0.3, 0.4) is 0 Å². The number of hydrazine groups is 1.